The molecule has 0 bridgehead atoms. The first-order chi connectivity index (χ1) is 7.15. The third-order valence-corrected chi connectivity index (χ3v) is 2.16. The standard InChI is InChI=1S/C9H6Cl2N4/c10-7-5-9(12)8(11)4-6(7)2-1-3-14-15-13/h4-5H,3,12H2. The Morgan fingerprint density at radius 2 is 2.13 bits per heavy atom. The van der Waals surface area contributed by atoms with Crippen LogP contribution in [0.15, 0.2) is 17.2 Å². The van der Waals surface area contributed by atoms with E-state index in [1.54, 1.807) is 6.07 Å². The summed E-state index contributed by atoms with van der Waals surface area (Å²) < 4.78 is 0. The second kappa shape index (κ2) is 5.38. The maximum atomic E-state index is 8.03. The van der Waals surface area contributed by atoms with Crippen molar-refractivity contribution in [3.63, 3.8) is 0 Å². The molecule has 2 N–H and O–H groups in total. The lowest BCUT2D eigenvalue weighted by Crippen LogP contribution is -1.88. The van der Waals surface area contributed by atoms with Crippen molar-refractivity contribution >= 4 is 28.9 Å². The monoisotopic (exact) mass is 240 g/mol. The Kier molecular flexibility index (Phi) is 4.14. The van der Waals surface area contributed by atoms with Gasteiger partial charge in [-0.05, 0) is 17.7 Å². The summed E-state index contributed by atoms with van der Waals surface area (Å²) in [6.07, 6.45) is 0. The van der Waals surface area contributed by atoms with Crippen LogP contribution in [0.5, 0.6) is 0 Å². The number of hydrogen-bond donors (Lipinski definition) is 1. The summed E-state index contributed by atoms with van der Waals surface area (Å²) >= 11 is 11.7. The summed E-state index contributed by atoms with van der Waals surface area (Å²) in [6.45, 7) is 0.0921. The van der Waals surface area contributed by atoms with Crippen molar-refractivity contribution in [1.82, 2.24) is 0 Å². The van der Waals surface area contributed by atoms with Gasteiger partial charge in [-0.1, -0.05) is 40.2 Å². The number of halogens is 2. The predicted molar refractivity (Wildman–Crippen MR) is 61.8 cm³/mol. The zero-order valence-corrected chi connectivity index (χ0v) is 9.05. The molecule has 76 valence electrons. The third-order valence-electron chi connectivity index (χ3n) is 1.52. The average Bonchev–Trinajstić information content (AvgIpc) is 2.20. The molecule has 0 aliphatic rings. The molecule has 0 saturated carbocycles. The molecule has 0 fully saturated rings. The highest BCUT2D eigenvalue weighted by Crippen LogP contribution is 2.26. The molecule has 0 spiro atoms. The number of azide groups is 1. The van der Waals surface area contributed by atoms with Crippen LogP contribution in [0.4, 0.5) is 5.69 Å². The number of anilines is 1. The van der Waals surface area contributed by atoms with E-state index >= 15 is 0 Å². The molecule has 0 aromatic heterocycles. The van der Waals surface area contributed by atoms with Gasteiger partial charge in [0.25, 0.3) is 0 Å². The molecular weight excluding hydrogens is 235 g/mol. The van der Waals surface area contributed by atoms with Gasteiger partial charge in [-0.2, -0.15) is 0 Å². The van der Waals surface area contributed by atoms with E-state index in [-0.39, 0.29) is 6.54 Å². The van der Waals surface area contributed by atoms with Gasteiger partial charge in [0.2, 0.25) is 0 Å². The summed E-state index contributed by atoms with van der Waals surface area (Å²) in [5.74, 6) is 5.36. The van der Waals surface area contributed by atoms with Gasteiger partial charge >= 0.3 is 0 Å². The predicted octanol–water partition coefficient (Wildman–Crippen LogP) is 3.24. The molecule has 0 aliphatic carbocycles. The van der Waals surface area contributed by atoms with Crippen LogP contribution < -0.4 is 5.73 Å². The van der Waals surface area contributed by atoms with Crippen LogP contribution in [0.1, 0.15) is 5.56 Å². The first-order valence-electron chi connectivity index (χ1n) is 3.89. The van der Waals surface area contributed by atoms with Gasteiger partial charge < -0.3 is 5.73 Å². The molecule has 15 heavy (non-hydrogen) atoms. The van der Waals surface area contributed by atoms with Crippen LogP contribution in [0.3, 0.4) is 0 Å². The van der Waals surface area contributed by atoms with E-state index in [1.807, 2.05) is 0 Å². The molecule has 0 saturated heterocycles. The Balaban J connectivity index is 2.98. The lowest BCUT2D eigenvalue weighted by molar-refractivity contribution is 1.25. The van der Waals surface area contributed by atoms with Crippen LogP contribution >= 0.6 is 23.2 Å². The summed E-state index contributed by atoms with van der Waals surface area (Å²) in [7, 11) is 0. The van der Waals surface area contributed by atoms with E-state index in [2.05, 4.69) is 21.9 Å². The van der Waals surface area contributed by atoms with Crippen molar-refractivity contribution in [1.29, 1.82) is 0 Å². The molecule has 0 amide bonds. The number of nitrogen functional groups attached to an aromatic ring is 1. The zero-order chi connectivity index (χ0) is 11.3. The summed E-state index contributed by atoms with van der Waals surface area (Å²) in [6, 6.07) is 3.10. The van der Waals surface area contributed by atoms with Crippen LogP contribution in [-0.2, 0) is 0 Å². The van der Waals surface area contributed by atoms with Crippen molar-refractivity contribution in [2.45, 2.75) is 0 Å². The number of hydrogen-bond acceptors (Lipinski definition) is 2. The Labute approximate surface area is 96.6 Å². The van der Waals surface area contributed by atoms with Crippen LogP contribution in [0, 0.1) is 11.8 Å². The van der Waals surface area contributed by atoms with Gasteiger partial charge in [0, 0.05) is 10.5 Å². The fourth-order valence-electron chi connectivity index (χ4n) is 0.860. The van der Waals surface area contributed by atoms with Crippen LogP contribution in [0.2, 0.25) is 10.0 Å². The molecule has 1 rings (SSSR count). The highest BCUT2D eigenvalue weighted by molar-refractivity contribution is 6.35. The normalized spacial score (nSPS) is 8.67. The van der Waals surface area contributed by atoms with Gasteiger partial charge in [0.05, 0.1) is 22.3 Å². The Morgan fingerprint density at radius 1 is 1.40 bits per heavy atom. The molecule has 1 aromatic carbocycles. The fourth-order valence-corrected chi connectivity index (χ4v) is 1.24. The van der Waals surface area contributed by atoms with E-state index in [9.17, 15) is 0 Å². The van der Waals surface area contributed by atoms with Crippen LogP contribution in [-0.4, -0.2) is 6.54 Å². The zero-order valence-electron chi connectivity index (χ0n) is 7.54. The quantitative estimate of drug-likeness (QED) is 0.264. The van der Waals surface area contributed by atoms with Crippen molar-refractivity contribution in [2.24, 2.45) is 5.11 Å². The summed E-state index contributed by atoms with van der Waals surface area (Å²) in [5, 5.41) is 4.08. The molecule has 0 atom stereocenters. The van der Waals surface area contributed by atoms with Gasteiger partial charge in [0.1, 0.15) is 0 Å². The molecule has 0 heterocycles. The molecule has 1 aromatic rings. The van der Waals surface area contributed by atoms with Crippen molar-refractivity contribution in [3.05, 3.63) is 38.2 Å². The molecule has 6 heteroatoms. The maximum absolute atomic E-state index is 8.03. The third kappa shape index (κ3) is 3.26. The first kappa shape index (κ1) is 11.5. The van der Waals surface area contributed by atoms with E-state index in [0.29, 0.717) is 21.3 Å². The maximum Gasteiger partial charge on any atom is 0.0880 e. The largest absolute Gasteiger partial charge is 0.397 e. The van der Waals surface area contributed by atoms with Crippen LogP contribution in [0.25, 0.3) is 10.4 Å². The highest BCUT2D eigenvalue weighted by Gasteiger charge is 2.02. The van der Waals surface area contributed by atoms with Crippen molar-refractivity contribution in [3.8, 4) is 11.8 Å². The van der Waals surface area contributed by atoms with Gasteiger partial charge in [-0.15, -0.1) is 0 Å². The smallest absolute Gasteiger partial charge is 0.0880 e. The fraction of sp³-hybridized carbons (Fsp3) is 0.111. The Bertz CT molecular complexity index is 481. The lowest BCUT2D eigenvalue weighted by Gasteiger charge is -2.00. The van der Waals surface area contributed by atoms with E-state index < -0.39 is 0 Å². The first-order valence-corrected chi connectivity index (χ1v) is 4.65. The van der Waals surface area contributed by atoms with Gasteiger partial charge in [-0.25, -0.2) is 0 Å². The summed E-state index contributed by atoms with van der Waals surface area (Å²) in [5.41, 5.74) is 14.5. The molecule has 0 unspecified atom stereocenters. The Morgan fingerprint density at radius 3 is 2.80 bits per heavy atom. The minimum absolute atomic E-state index is 0.0921. The molecule has 0 radical (unpaired) electrons. The lowest BCUT2D eigenvalue weighted by atomic mass is 10.2. The summed E-state index contributed by atoms with van der Waals surface area (Å²) in [4.78, 5) is 2.56. The van der Waals surface area contributed by atoms with E-state index in [0.717, 1.165) is 0 Å². The minimum atomic E-state index is 0.0921. The highest BCUT2D eigenvalue weighted by atomic mass is 35.5. The van der Waals surface area contributed by atoms with E-state index in [1.165, 1.54) is 6.07 Å². The second-order valence-electron chi connectivity index (χ2n) is 2.54. The van der Waals surface area contributed by atoms with E-state index in [4.69, 9.17) is 34.5 Å². The van der Waals surface area contributed by atoms with Gasteiger partial charge in [-0.3, -0.25) is 0 Å². The minimum Gasteiger partial charge on any atom is -0.397 e. The second-order valence-corrected chi connectivity index (χ2v) is 3.36. The van der Waals surface area contributed by atoms with Gasteiger partial charge in [0.15, 0.2) is 0 Å². The number of rotatable bonds is 1. The molecule has 4 nitrogen and oxygen atoms in total. The topological polar surface area (TPSA) is 74.8 Å². The number of nitrogens with two attached hydrogens (primary N) is 1. The SMILES string of the molecule is [N-]=[N+]=NCC#Cc1cc(Cl)c(N)cc1Cl. The van der Waals surface area contributed by atoms with Crippen molar-refractivity contribution in [2.75, 3.05) is 12.3 Å². The van der Waals surface area contributed by atoms with Crippen molar-refractivity contribution < 1.29 is 0 Å². The Hall–Kier alpha value is -1.53. The molecule has 0 aliphatic heterocycles. The number of nitrogens with zero attached hydrogens (tertiary/aromatic N) is 3. The number of benzene rings is 1. The molecular formula is C9H6Cl2N4. The average molecular weight is 241 g/mol.